The van der Waals surface area contributed by atoms with Crippen LogP contribution in [0.2, 0.25) is 0 Å². The molecule has 6 heteroatoms. The second-order valence-corrected chi connectivity index (χ2v) is 4.15. The van der Waals surface area contributed by atoms with Crippen molar-refractivity contribution in [3.05, 3.63) is 17.8 Å². The predicted molar refractivity (Wildman–Crippen MR) is 71.4 cm³/mol. The third-order valence-electron chi connectivity index (χ3n) is 2.58. The normalized spacial score (nSPS) is 18.2. The molecule has 98 valence electrons. The minimum absolute atomic E-state index is 0. The molecule has 0 bridgehead atoms. The maximum atomic E-state index is 9.26. The van der Waals surface area contributed by atoms with Crippen molar-refractivity contribution >= 4 is 24.8 Å². The second kappa shape index (κ2) is 6.89. The average molecular weight is 281 g/mol. The van der Waals surface area contributed by atoms with Gasteiger partial charge < -0.3 is 15.2 Å². The highest BCUT2D eigenvalue weighted by Gasteiger charge is 2.20. The van der Waals surface area contributed by atoms with Gasteiger partial charge in [-0.15, -0.1) is 24.8 Å². The second-order valence-electron chi connectivity index (χ2n) is 4.15. The first-order valence-corrected chi connectivity index (χ1v) is 5.23. The van der Waals surface area contributed by atoms with Crippen molar-refractivity contribution in [2.75, 3.05) is 6.54 Å². The maximum Gasteiger partial charge on any atom is 0.211 e. The van der Waals surface area contributed by atoms with Crippen molar-refractivity contribution in [2.24, 2.45) is 5.92 Å². The van der Waals surface area contributed by atoms with Crippen LogP contribution in [0.15, 0.2) is 12.1 Å². The molecule has 17 heavy (non-hydrogen) atoms. The number of pyridine rings is 1. The maximum absolute atomic E-state index is 9.26. The Labute approximate surface area is 114 Å². The Morgan fingerprint density at radius 2 is 2.12 bits per heavy atom. The number of hydrogen-bond acceptors (Lipinski definition) is 4. The third kappa shape index (κ3) is 3.91. The van der Waals surface area contributed by atoms with Crippen LogP contribution < -0.4 is 10.1 Å². The highest BCUT2D eigenvalue weighted by atomic mass is 35.5. The van der Waals surface area contributed by atoms with E-state index in [1.165, 1.54) is 0 Å². The number of rotatable bonds is 1. The first-order chi connectivity index (χ1) is 7.16. The minimum atomic E-state index is 0. The Morgan fingerprint density at radius 3 is 2.76 bits per heavy atom. The summed E-state index contributed by atoms with van der Waals surface area (Å²) in [4.78, 5) is 4.04. The van der Waals surface area contributed by atoms with Gasteiger partial charge >= 0.3 is 0 Å². The lowest BCUT2D eigenvalue weighted by atomic mass is 10.1. The Balaban J connectivity index is 0.00000128. The van der Waals surface area contributed by atoms with Gasteiger partial charge in [-0.25, -0.2) is 4.98 Å². The summed E-state index contributed by atoms with van der Waals surface area (Å²) in [6.45, 7) is 5.72. The van der Waals surface area contributed by atoms with E-state index in [4.69, 9.17) is 4.74 Å². The largest absolute Gasteiger partial charge is 0.493 e. The quantitative estimate of drug-likeness (QED) is 0.828. The van der Waals surface area contributed by atoms with Crippen molar-refractivity contribution in [1.29, 1.82) is 0 Å². The highest BCUT2D eigenvalue weighted by molar-refractivity contribution is 5.85. The topological polar surface area (TPSA) is 54.4 Å². The summed E-state index contributed by atoms with van der Waals surface area (Å²) >= 11 is 0. The van der Waals surface area contributed by atoms with Crippen LogP contribution in [0.25, 0.3) is 0 Å². The fourth-order valence-corrected chi connectivity index (χ4v) is 1.62. The van der Waals surface area contributed by atoms with Crippen molar-refractivity contribution in [3.63, 3.8) is 0 Å². The van der Waals surface area contributed by atoms with Crippen molar-refractivity contribution in [1.82, 2.24) is 10.3 Å². The van der Waals surface area contributed by atoms with Gasteiger partial charge in [-0.3, -0.25) is 0 Å². The zero-order valence-corrected chi connectivity index (χ0v) is 11.5. The van der Waals surface area contributed by atoms with Gasteiger partial charge in [-0.2, -0.15) is 0 Å². The van der Waals surface area contributed by atoms with Gasteiger partial charge in [-0.1, -0.05) is 13.8 Å². The molecule has 1 aromatic rings. The molecule has 0 saturated heterocycles. The number of aromatic hydroxyl groups is 1. The molecule has 4 nitrogen and oxygen atoms in total. The first kappa shape index (κ1) is 16.3. The Bertz CT molecular complexity index is 361. The fraction of sp³-hybridized carbons (Fsp3) is 0.545. The van der Waals surface area contributed by atoms with Crippen molar-refractivity contribution in [2.45, 2.75) is 26.5 Å². The number of ether oxygens (including phenoxy) is 1. The number of nitrogens with one attached hydrogen (secondary N) is 1. The summed E-state index contributed by atoms with van der Waals surface area (Å²) in [5.41, 5.74) is 0.776. The molecule has 0 unspecified atom stereocenters. The van der Waals surface area contributed by atoms with Crippen LogP contribution in [0.1, 0.15) is 19.5 Å². The SMILES string of the molecule is CC(C)[C@H]1CNCc2nc(O)ccc2O1.Cl.Cl. The molecule has 0 spiro atoms. The molecular formula is C11H18Cl2N2O2. The van der Waals surface area contributed by atoms with Crippen LogP contribution in [-0.4, -0.2) is 22.7 Å². The van der Waals surface area contributed by atoms with Gasteiger partial charge in [0, 0.05) is 19.2 Å². The van der Waals surface area contributed by atoms with E-state index in [9.17, 15) is 5.11 Å². The summed E-state index contributed by atoms with van der Waals surface area (Å²) in [6, 6.07) is 3.33. The molecular weight excluding hydrogens is 263 g/mol. The van der Waals surface area contributed by atoms with Gasteiger partial charge in [-0.05, 0) is 12.0 Å². The molecule has 2 heterocycles. The minimum Gasteiger partial charge on any atom is -0.493 e. The van der Waals surface area contributed by atoms with E-state index in [-0.39, 0.29) is 36.8 Å². The molecule has 0 radical (unpaired) electrons. The van der Waals surface area contributed by atoms with Crippen LogP contribution in [0.3, 0.4) is 0 Å². The number of nitrogens with zero attached hydrogens (tertiary/aromatic N) is 1. The van der Waals surface area contributed by atoms with Crippen molar-refractivity contribution in [3.8, 4) is 11.6 Å². The van der Waals surface area contributed by atoms with Crippen molar-refractivity contribution < 1.29 is 9.84 Å². The van der Waals surface area contributed by atoms with Crippen LogP contribution in [0.5, 0.6) is 11.6 Å². The molecule has 0 fully saturated rings. The van der Waals surface area contributed by atoms with Gasteiger partial charge in [0.05, 0.1) is 0 Å². The van der Waals surface area contributed by atoms with E-state index in [1.54, 1.807) is 12.1 Å². The Hall–Kier alpha value is -0.710. The van der Waals surface area contributed by atoms with Crippen LogP contribution in [0.4, 0.5) is 0 Å². The molecule has 2 rings (SSSR count). The predicted octanol–water partition coefficient (Wildman–Crippen LogP) is 2.14. The van der Waals surface area contributed by atoms with E-state index >= 15 is 0 Å². The number of aromatic nitrogens is 1. The third-order valence-corrected chi connectivity index (χ3v) is 2.58. The summed E-state index contributed by atoms with van der Waals surface area (Å²) < 4.78 is 5.84. The number of hydrogen-bond donors (Lipinski definition) is 2. The van der Waals surface area contributed by atoms with Crippen LogP contribution in [-0.2, 0) is 6.54 Å². The smallest absolute Gasteiger partial charge is 0.211 e. The number of fused-ring (bicyclic) bond motifs is 1. The monoisotopic (exact) mass is 280 g/mol. The van der Waals surface area contributed by atoms with Crippen LogP contribution >= 0.6 is 24.8 Å². The fourth-order valence-electron chi connectivity index (χ4n) is 1.62. The summed E-state index contributed by atoms with van der Waals surface area (Å²) in [7, 11) is 0. The lowest BCUT2D eigenvalue weighted by Crippen LogP contribution is -2.32. The molecule has 0 amide bonds. The average Bonchev–Trinajstić information content (AvgIpc) is 2.39. The van der Waals surface area contributed by atoms with Gasteiger partial charge in [0.2, 0.25) is 5.88 Å². The first-order valence-electron chi connectivity index (χ1n) is 5.23. The van der Waals surface area contributed by atoms with Crippen LogP contribution in [0, 0.1) is 5.92 Å². The van der Waals surface area contributed by atoms with Gasteiger partial charge in [0.25, 0.3) is 0 Å². The summed E-state index contributed by atoms with van der Waals surface area (Å²) in [5.74, 6) is 1.27. The van der Waals surface area contributed by atoms with Gasteiger partial charge in [0.1, 0.15) is 17.5 Å². The molecule has 0 saturated carbocycles. The molecule has 0 aromatic carbocycles. The number of halogens is 2. The molecule has 1 aromatic heterocycles. The Morgan fingerprint density at radius 1 is 1.41 bits per heavy atom. The van der Waals surface area contributed by atoms with E-state index in [0.717, 1.165) is 18.0 Å². The lowest BCUT2D eigenvalue weighted by molar-refractivity contribution is 0.155. The molecule has 0 aliphatic carbocycles. The van der Waals surface area contributed by atoms with E-state index in [1.807, 2.05) is 0 Å². The zero-order valence-electron chi connectivity index (χ0n) is 9.84. The van der Waals surface area contributed by atoms with Gasteiger partial charge in [0.15, 0.2) is 0 Å². The lowest BCUT2D eigenvalue weighted by Gasteiger charge is -2.20. The van der Waals surface area contributed by atoms with E-state index < -0.39 is 0 Å². The molecule has 2 N–H and O–H groups in total. The van der Waals surface area contributed by atoms with E-state index in [0.29, 0.717) is 12.5 Å². The summed E-state index contributed by atoms with van der Waals surface area (Å²) in [5, 5.41) is 12.5. The molecule has 1 aliphatic heterocycles. The van der Waals surface area contributed by atoms with E-state index in [2.05, 4.69) is 24.1 Å². The molecule has 1 atom stereocenters. The summed E-state index contributed by atoms with van der Waals surface area (Å²) in [6.07, 6.45) is 0.164. The molecule has 1 aliphatic rings. The standard InChI is InChI=1S/C11H16N2O2.2ClH/c1-7(2)10-6-12-5-8-9(15-10)3-4-11(14)13-8;;/h3-4,7,10,12H,5-6H2,1-2H3,(H,13,14);2*1H/t10-;;/m1../s1. The Kier molecular flexibility index (Phi) is 6.60. The highest BCUT2D eigenvalue weighted by Crippen LogP contribution is 2.24. The zero-order chi connectivity index (χ0) is 10.8.